The van der Waals surface area contributed by atoms with E-state index in [1.165, 1.54) is 0 Å². The van der Waals surface area contributed by atoms with Crippen LogP contribution in [0.5, 0.6) is 11.5 Å². The Labute approximate surface area is 170 Å². The van der Waals surface area contributed by atoms with Crippen LogP contribution in [0.15, 0.2) is 48.9 Å². The van der Waals surface area contributed by atoms with Gasteiger partial charge in [-0.25, -0.2) is 4.79 Å². The molecule has 0 bridgehead atoms. The molecule has 3 heterocycles. The maximum Gasteiger partial charge on any atom is 0.317 e. The molecule has 0 aliphatic carbocycles. The second-order valence-electron chi connectivity index (χ2n) is 7.07. The van der Waals surface area contributed by atoms with Gasteiger partial charge in [0, 0.05) is 49.0 Å². The van der Waals surface area contributed by atoms with E-state index < -0.39 is 0 Å². The number of nitrogens with one attached hydrogen (secondary N) is 2. The molecule has 0 saturated carbocycles. The summed E-state index contributed by atoms with van der Waals surface area (Å²) in [4.78, 5) is 21.6. The lowest BCUT2D eigenvalue weighted by atomic mass is 10.1. The summed E-state index contributed by atoms with van der Waals surface area (Å²) in [5, 5.41) is 4.12. The highest BCUT2D eigenvalue weighted by Crippen LogP contribution is 2.29. The topological polar surface area (TPSA) is 79.5 Å². The molecule has 1 fully saturated rings. The number of amides is 2. The van der Waals surface area contributed by atoms with Crippen LogP contribution in [0.2, 0.25) is 0 Å². The fraction of sp³-hybridized carbons (Fsp3) is 0.364. The zero-order valence-electron chi connectivity index (χ0n) is 16.6. The van der Waals surface area contributed by atoms with Crippen molar-refractivity contribution < 1.29 is 14.3 Å². The number of hydrogen-bond acceptors (Lipinski definition) is 4. The predicted octanol–water partition coefficient (Wildman–Crippen LogP) is 3.37. The lowest BCUT2D eigenvalue weighted by Gasteiger charge is -2.18. The number of carbonyl (C=O) groups excluding carboxylic acids is 1. The van der Waals surface area contributed by atoms with Gasteiger partial charge in [0.25, 0.3) is 0 Å². The van der Waals surface area contributed by atoms with E-state index in [2.05, 4.69) is 15.3 Å². The summed E-state index contributed by atoms with van der Waals surface area (Å²) < 4.78 is 11.7. The van der Waals surface area contributed by atoms with Crippen LogP contribution in [0.4, 0.5) is 4.79 Å². The lowest BCUT2D eigenvalue weighted by molar-refractivity contribution is 0.187. The van der Waals surface area contributed by atoms with Crippen LogP contribution in [0.1, 0.15) is 18.9 Å². The first-order chi connectivity index (χ1) is 14.2. The van der Waals surface area contributed by atoms with Crippen molar-refractivity contribution in [2.75, 3.05) is 26.2 Å². The molecule has 0 radical (unpaired) electrons. The molecule has 0 spiro atoms. The zero-order valence-corrected chi connectivity index (χ0v) is 16.6. The third kappa shape index (κ3) is 4.45. The van der Waals surface area contributed by atoms with E-state index in [4.69, 9.17) is 9.47 Å². The minimum atomic E-state index is -0.0456. The van der Waals surface area contributed by atoms with Crippen molar-refractivity contribution in [3.8, 4) is 11.5 Å². The van der Waals surface area contributed by atoms with Gasteiger partial charge in [-0.15, -0.1) is 0 Å². The maximum atomic E-state index is 12.5. The monoisotopic (exact) mass is 394 g/mol. The van der Waals surface area contributed by atoms with Gasteiger partial charge in [0.15, 0.2) is 0 Å². The fourth-order valence-corrected chi connectivity index (χ4v) is 3.73. The molecule has 1 atom stereocenters. The standard InChI is InChI=1S/C22H26N4O3/c1-2-28-20-5-3-4-19-21(20)16(14-25-19)6-12-24-22(27)26-13-9-18(15-26)29-17-7-10-23-11-8-17/h3-5,7-8,10-11,14,18,25H,2,6,9,12-13,15H2,1H3,(H,24,27)/t18-/m1/s1. The van der Waals surface area contributed by atoms with Crippen molar-refractivity contribution in [2.24, 2.45) is 0 Å². The number of likely N-dealkylation sites (tertiary alicyclic amines) is 1. The Kier molecular flexibility index (Phi) is 5.84. The van der Waals surface area contributed by atoms with Gasteiger partial charge in [-0.1, -0.05) is 6.07 Å². The van der Waals surface area contributed by atoms with Crippen molar-refractivity contribution in [1.82, 2.24) is 20.2 Å². The zero-order chi connectivity index (χ0) is 20.1. The van der Waals surface area contributed by atoms with Gasteiger partial charge < -0.3 is 24.7 Å². The fourth-order valence-electron chi connectivity index (χ4n) is 3.73. The average Bonchev–Trinajstić information content (AvgIpc) is 3.37. The molecule has 0 unspecified atom stereocenters. The van der Waals surface area contributed by atoms with E-state index in [1.807, 2.05) is 48.4 Å². The van der Waals surface area contributed by atoms with Gasteiger partial charge in [-0.3, -0.25) is 4.98 Å². The minimum absolute atomic E-state index is 0.0190. The van der Waals surface area contributed by atoms with Crippen LogP contribution in [0.3, 0.4) is 0 Å². The van der Waals surface area contributed by atoms with E-state index >= 15 is 0 Å². The first-order valence-electron chi connectivity index (χ1n) is 10.1. The molecule has 2 amide bonds. The summed E-state index contributed by atoms with van der Waals surface area (Å²) in [6, 6.07) is 9.62. The van der Waals surface area contributed by atoms with E-state index in [-0.39, 0.29) is 12.1 Å². The molecular formula is C22H26N4O3. The van der Waals surface area contributed by atoms with Crippen molar-refractivity contribution in [3.63, 3.8) is 0 Å². The number of aromatic nitrogens is 2. The first kappa shape index (κ1) is 19.1. The van der Waals surface area contributed by atoms with Gasteiger partial charge in [0.1, 0.15) is 17.6 Å². The van der Waals surface area contributed by atoms with E-state index in [0.29, 0.717) is 26.2 Å². The largest absolute Gasteiger partial charge is 0.493 e. The second-order valence-corrected chi connectivity index (χ2v) is 7.07. The summed E-state index contributed by atoms with van der Waals surface area (Å²) in [6.45, 7) is 4.46. The molecule has 1 aliphatic heterocycles. The van der Waals surface area contributed by atoms with Crippen LogP contribution in [0, 0.1) is 0 Å². The maximum absolute atomic E-state index is 12.5. The molecule has 1 aromatic carbocycles. The quantitative estimate of drug-likeness (QED) is 0.644. The Morgan fingerprint density at radius 2 is 2.17 bits per heavy atom. The van der Waals surface area contributed by atoms with Crippen molar-refractivity contribution in [2.45, 2.75) is 25.9 Å². The number of urea groups is 1. The highest BCUT2D eigenvalue weighted by molar-refractivity contribution is 5.89. The summed E-state index contributed by atoms with van der Waals surface area (Å²) in [5.74, 6) is 1.67. The van der Waals surface area contributed by atoms with Gasteiger partial charge in [-0.05, 0) is 43.2 Å². The van der Waals surface area contributed by atoms with Gasteiger partial charge in [0.05, 0.1) is 13.2 Å². The van der Waals surface area contributed by atoms with Gasteiger partial charge in [-0.2, -0.15) is 0 Å². The van der Waals surface area contributed by atoms with Crippen LogP contribution in [0.25, 0.3) is 10.9 Å². The number of H-pyrrole nitrogens is 1. The molecule has 7 heteroatoms. The number of ether oxygens (including phenoxy) is 2. The third-order valence-corrected chi connectivity index (χ3v) is 5.10. The number of nitrogens with zero attached hydrogens (tertiary/aromatic N) is 2. The summed E-state index contributed by atoms with van der Waals surface area (Å²) in [6.07, 6.45) is 6.99. The molecule has 29 heavy (non-hydrogen) atoms. The Morgan fingerprint density at radius 3 is 3.00 bits per heavy atom. The summed E-state index contributed by atoms with van der Waals surface area (Å²) in [5.41, 5.74) is 2.19. The normalized spacial score (nSPS) is 16.2. The number of carbonyl (C=O) groups is 1. The average molecular weight is 394 g/mol. The molecule has 2 N–H and O–H groups in total. The Balaban J connectivity index is 1.29. The molecule has 2 aromatic heterocycles. The Morgan fingerprint density at radius 1 is 1.31 bits per heavy atom. The molecular weight excluding hydrogens is 368 g/mol. The van der Waals surface area contributed by atoms with Crippen LogP contribution < -0.4 is 14.8 Å². The molecule has 3 aromatic rings. The Bertz CT molecular complexity index is 957. The molecule has 7 nitrogen and oxygen atoms in total. The Hall–Kier alpha value is -3.22. The van der Waals surface area contributed by atoms with Crippen molar-refractivity contribution in [1.29, 1.82) is 0 Å². The highest BCUT2D eigenvalue weighted by Gasteiger charge is 2.27. The van der Waals surface area contributed by atoms with Crippen LogP contribution in [-0.4, -0.2) is 53.2 Å². The van der Waals surface area contributed by atoms with E-state index in [1.54, 1.807) is 12.4 Å². The van der Waals surface area contributed by atoms with Gasteiger partial charge >= 0.3 is 6.03 Å². The summed E-state index contributed by atoms with van der Waals surface area (Å²) in [7, 11) is 0. The van der Waals surface area contributed by atoms with Crippen molar-refractivity contribution >= 4 is 16.9 Å². The first-order valence-corrected chi connectivity index (χ1v) is 10.1. The summed E-state index contributed by atoms with van der Waals surface area (Å²) >= 11 is 0. The number of aromatic amines is 1. The molecule has 1 saturated heterocycles. The van der Waals surface area contributed by atoms with Crippen molar-refractivity contribution in [3.05, 3.63) is 54.5 Å². The predicted molar refractivity (Wildman–Crippen MR) is 111 cm³/mol. The highest BCUT2D eigenvalue weighted by atomic mass is 16.5. The minimum Gasteiger partial charge on any atom is -0.493 e. The molecule has 4 rings (SSSR count). The molecule has 152 valence electrons. The smallest absolute Gasteiger partial charge is 0.317 e. The number of pyridine rings is 1. The second kappa shape index (κ2) is 8.86. The molecule has 1 aliphatic rings. The van der Waals surface area contributed by atoms with Crippen LogP contribution in [-0.2, 0) is 6.42 Å². The number of rotatable bonds is 7. The van der Waals surface area contributed by atoms with Crippen LogP contribution >= 0.6 is 0 Å². The lowest BCUT2D eigenvalue weighted by Crippen LogP contribution is -2.40. The number of benzene rings is 1. The van der Waals surface area contributed by atoms with E-state index in [0.717, 1.165) is 40.8 Å². The van der Waals surface area contributed by atoms with Gasteiger partial charge in [0.2, 0.25) is 0 Å². The number of fused-ring (bicyclic) bond motifs is 1. The number of hydrogen-bond donors (Lipinski definition) is 2. The third-order valence-electron chi connectivity index (χ3n) is 5.10. The van der Waals surface area contributed by atoms with E-state index in [9.17, 15) is 4.79 Å². The SMILES string of the molecule is CCOc1cccc2[nH]cc(CCNC(=O)N3CC[C@@H](Oc4ccncc4)C3)c12.